The Balaban J connectivity index is 2.62. The predicted molar refractivity (Wildman–Crippen MR) is 81.1 cm³/mol. The van der Waals surface area contributed by atoms with Crippen molar-refractivity contribution in [2.24, 2.45) is 0 Å². The van der Waals surface area contributed by atoms with Gasteiger partial charge in [-0.15, -0.1) is 0 Å². The summed E-state index contributed by atoms with van der Waals surface area (Å²) in [6, 6.07) is 6.48. The molecule has 0 unspecified atom stereocenters. The molecule has 0 aliphatic rings. The molecule has 6 nitrogen and oxygen atoms in total. The maximum absolute atomic E-state index is 11.6. The number of aliphatic hydroxyl groups is 1. The van der Waals surface area contributed by atoms with E-state index in [1.54, 1.807) is 6.08 Å². The van der Waals surface area contributed by atoms with Crippen LogP contribution in [0.3, 0.4) is 0 Å². The maximum Gasteiger partial charge on any atom is 0.326 e. The molecule has 0 aromatic heterocycles. The average molecular weight is 292 g/mol. The molecule has 114 valence electrons. The third-order valence-electron chi connectivity index (χ3n) is 2.87. The van der Waals surface area contributed by atoms with E-state index in [0.717, 1.165) is 11.3 Å². The number of carboxylic acid groups (broad SMARTS) is 1. The van der Waals surface area contributed by atoms with Gasteiger partial charge in [0.05, 0.1) is 0 Å². The molecule has 0 radical (unpaired) electrons. The van der Waals surface area contributed by atoms with Crippen molar-refractivity contribution in [2.75, 3.05) is 25.6 Å². The SMILES string of the molecule is CN(C)c1ccc(/C=C/C(=O)N[C@H](CCO)C(=O)O)cc1. The molecule has 0 bridgehead atoms. The maximum atomic E-state index is 11.6. The fraction of sp³-hybridized carbons (Fsp3) is 0.333. The van der Waals surface area contributed by atoms with Crippen molar-refractivity contribution in [2.45, 2.75) is 12.5 Å². The van der Waals surface area contributed by atoms with Crippen molar-refractivity contribution in [3.63, 3.8) is 0 Å². The molecular weight excluding hydrogens is 272 g/mol. The third-order valence-corrected chi connectivity index (χ3v) is 2.87. The zero-order valence-corrected chi connectivity index (χ0v) is 12.1. The number of anilines is 1. The van der Waals surface area contributed by atoms with Gasteiger partial charge in [0.25, 0.3) is 0 Å². The van der Waals surface area contributed by atoms with Crippen molar-refractivity contribution < 1.29 is 19.8 Å². The van der Waals surface area contributed by atoms with E-state index < -0.39 is 17.9 Å². The second-order valence-corrected chi connectivity index (χ2v) is 4.73. The predicted octanol–water partition coefficient (Wildman–Crippen LogP) is 0.718. The van der Waals surface area contributed by atoms with Crippen LogP contribution < -0.4 is 10.2 Å². The fourth-order valence-electron chi connectivity index (χ4n) is 1.66. The first-order chi connectivity index (χ1) is 9.93. The van der Waals surface area contributed by atoms with Crippen molar-refractivity contribution >= 4 is 23.6 Å². The van der Waals surface area contributed by atoms with E-state index in [-0.39, 0.29) is 13.0 Å². The van der Waals surface area contributed by atoms with Crippen molar-refractivity contribution in [3.05, 3.63) is 35.9 Å². The summed E-state index contributed by atoms with van der Waals surface area (Å²) in [6.07, 6.45) is 2.86. The van der Waals surface area contributed by atoms with Gasteiger partial charge in [-0.25, -0.2) is 4.79 Å². The summed E-state index contributed by atoms with van der Waals surface area (Å²) in [4.78, 5) is 24.4. The lowest BCUT2D eigenvalue weighted by atomic mass is 10.1. The van der Waals surface area contributed by atoms with E-state index in [1.807, 2.05) is 43.3 Å². The molecule has 0 heterocycles. The molecule has 1 aromatic carbocycles. The van der Waals surface area contributed by atoms with Gasteiger partial charge in [0.2, 0.25) is 5.91 Å². The van der Waals surface area contributed by atoms with E-state index in [2.05, 4.69) is 5.32 Å². The van der Waals surface area contributed by atoms with Gasteiger partial charge >= 0.3 is 5.97 Å². The summed E-state index contributed by atoms with van der Waals surface area (Å²) in [5.74, 6) is -1.67. The highest BCUT2D eigenvalue weighted by molar-refractivity contribution is 5.94. The van der Waals surface area contributed by atoms with E-state index >= 15 is 0 Å². The van der Waals surface area contributed by atoms with Gasteiger partial charge in [0, 0.05) is 38.9 Å². The lowest BCUT2D eigenvalue weighted by Gasteiger charge is -2.12. The van der Waals surface area contributed by atoms with Crippen LogP contribution in [0.2, 0.25) is 0 Å². The molecule has 21 heavy (non-hydrogen) atoms. The topological polar surface area (TPSA) is 89.9 Å². The van der Waals surface area contributed by atoms with Gasteiger partial charge in [-0.2, -0.15) is 0 Å². The van der Waals surface area contributed by atoms with Crippen LogP contribution in [0.1, 0.15) is 12.0 Å². The molecule has 6 heteroatoms. The number of amides is 1. The second kappa shape index (κ2) is 8.06. The van der Waals surface area contributed by atoms with Crippen LogP contribution in [0.15, 0.2) is 30.3 Å². The van der Waals surface area contributed by atoms with Crippen LogP contribution >= 0.6 is 0 Å². The summed E-state index contributed by atoms with van der Waals surface area (Å²) >= 11 is 0. The molecule has 0 aliphatic heterocycles. The fourth-order valence-corrected chi connectivity index (χ4v) is 1.66. The molecule has 1 rings (SSSR count). The number of benzene rings is 1. The summed E-state index contributed by atoms with van der Waals surface area (Å²) in [5, 5.41) is 19.9. The van der Waals surface area contributed by atoms with Crippen LogP contribution in [-0.4, -0.2) is 48.8 Å². The van der Waals surface area contributed by atoms with Gasteiger partial charge in [0.15, 0.2) is 0 Å². The van der Waals surface area contributed by atoms with Crippen LogP contribution in [0.4, 0.5) is 5.69 Å². The molecule has 1 amide bonds. The Morgan fingerprint density at radius 1 is 1.29 bits per heavy atom. The highest BCUT2D eigenvalue weighted by Crippen LogP contribution is 2.13. The van der Waals surface area contributed by atoms with E-state index in [1.165, 1.54) is 6.08 Å². The minimum atomic E-state index is -1.17. The minimum absolute atomic E-state index is 0.0214. The molecule has 0 saturated carbocycles. The Labute approximate surface area is 123 Å². The van der Waals surface area contributed by atoms with Gasteiger partial charge in [-0.05, 0) is 23.8 Å². The molecule has 0 spiro atoms. The minimum Gasteiger partial charge on any atom is -0.480 e. The molecule has 1 aromatic rings. The Hall–Kier alpha value is -2.34. The number of aliphatic carboxylic acids is 1. The highest BCUT2D eigenvalue weighted by atomic mass is 16.4. The number of nitrogens with zero attached hydrogens (tertiary/aromatic N) is 1. The smallest absolute Gasteiger partial charge is 0.326 e. The molecule has 0 aliphatic carbocycles. The van der Waals surface area contributed by atoms with Gasteiger partial charge in [-0.1, -0.05) is 12.1 Å². The molecule has 0 saturated heterocycles. The number of aliphatic hydroxyl groups excluding tert-OH is 1. The molecule has 3 N–H and O–H groups in total. The van der Waals surface area contributed by atoms with Crippen LogP contribution in [0.5, 0.6) is 0 Å². The number of carboxylic acids is 1. The normalized spacial score (nSPS) is 12.1. The molecular formula is C15H20N2O4. The number of nitrogens with one attached hydrogen (secondary N) is 1. The van der Waals surface area contributed by atoms with Crippen molar-refractivity contribution in [1.29, 1.82) is 0 Å². The summed E-state index contributed by atoms with van der Waals surface area (Å²) in [5.41, 5.74) is 1.88. The third kappa shape index (κ3) is 5.66. The Morgan fingerprint density at radius 3 is 2.38 bits per heavy atom. The number of carbonyl (C=O) groups is 2. The average Bonchev–Trinajstić information content (AvgIpc) is 2.45. The summed E-state index contributed by atoms with van der Waals surface area (Å²) in [6.45, 7) is -0.299. The zero-order valence-electron chi connectivity index (χ0n) is 12.1. The summed E-state index contributed by atoms with van der Waals surface area (Å²) in [7, 11) is 3.87. The van der Waals surface area contributed by atoms with E-state index in [4.69, 9.17) is 10.2 Å². The first-order valence-electron chi connectivity index (χ1n) is 6.53. The second-order valence-electron chi connectivity index (χ2n) is 4.73. The first kappa shape index (κ1) is 16.7. The van der Waals surface area contributed by atoms with E-state index in [0.29, 0.717) is 0 Å². The Kier molecular flexibility index (Phi) is 6.42. The highest BCUT2D eigenvalue weighted by Gasteiger charge is 2.17. The van der Waals surface area contributed by atoms with Crippen LogP contribution in [-0.2, 0) is 9.59 Å². The Morgan fingerprint density at radius 2 is 1.90 bits per heavy atom. The molecule has 1 atom stereocenters. The quantitative estimate of drug-likeness (QED) is 0.644. The number of carbonyl (C=O) groups excluding carboxylic acids is 1. The number of hydrogen-bond donors (Lipinski definition) is 3. The van der Waals surface area contributed by atoms with Gasteiger partial charge < -0.3 is 20.4 Å². The number of rotatable bonds is 7. The molecule has 0 fully saturated rings. The van der Waals surface area contributed by atoms with Crippen LogP contribution in [0.25, 0.3) is 6.08 Å². The largest absolute Gasteiger partial charge is 0.480 e. The lowest BCUT2D eigenvalue weighted by Crippen LogP contribution is -2.40. The van der Waals surface area contributed by atoms with Crippen molar-refractivity contribution in [1.82, 2.24) is 5.32 Å². The van der Waals surface area contributed by atoms with E-state index in [9.17, 15) is 9.59 Å². The number of hydrogen-bond acceptors (Lipinski definition) is 4. The Bertz CT molecular complexity index is 509. The first-order valence-corrected chi connectivity index (χ1v) is 6.53. The lowest BCUT2D eigenvalue weighted by molar-refractivity contribution is -0.141. The van der Waals surface area contributed by atoms with Gasteiger partial charge in [-0.3, -0.25) is 4.79 Å². The van der Waals surface area contributed by atoms with Gasteiger partial charge in [0.1, 0.15) is 6.04 Å². The van der Waals surface area contributed by atoms with Crippen molar-refractivity contribution in [3.8, 4) is 0 Å². The zero-order chi connectivity index (χ0) is 15.8. The monoisotopic (exact) mass is 292 g/mol. The standard InChI is InChI=1S/C15H20N2O4/c1-17(2)12-6-3-11(4-7-12)5-8-14(19)16-13(9-10-18)15(20)21/h3-8,13,18H,9-10H2,1-2H3,(H,16,19)(H,20,21)/b8-5+/t13-/m1/s1. The van der Waals surface area contributed by atoms with Crippen LogP contribution in [0, 0.1) is 0 Å². The summed E-state index contributed by atoms with van der Waals surface area (Å²) < 4.78 is 0.